The quantitative estimate of drug-likeness (QED) is 0.440. The number of rotatable bonds is 3. The van der Waals surface area contributed by atoms with E-state index >= 15 is 0 Å². The lowest BCUT2D eigenvalue weighted by Crippen LogP contribution is -2.05. The first kappa shape index (κ1) is 10.6. The fourth-order valence-corrected chi connectivity index (χ4v) is 1.71. The molecular weight excluding hydrogens is 206 g/mol. The summed E-state index contributed by atoms with van der Waals surface area (Å²) in [6.45, 7) is 0. The molecule has 0 unspecified atom stereocenters. The molecule has 4 heteroatoms. The molecule has 1 aromatic rings. The van der Waals surface area contributed by atoms with Crippen molar-refractivity contribution in [3.8, 4) is 0 Å². The number of aliphatic imine (C=N–C) groups is 1. The molecule has 82 valence electrons. The fourth-order valence-electron chi connectivity index (χ4n) is 1.71. The molecular formula is C12H11NO3. The van der Waals surface area contributed by atoms with E-state index in [2.05, 4.69) is 9.73 Å². The summed E-state index contributed by atoms with van der Waals surface area (Å²) in [5.41, 5.74) is 1.07. The minimum atomic E-state index is -0.379. The summed E-state index contributed by atoms with van der Waals surface area (Å²) in [4.78, 5) is 25.3. The van der Waals surface area contributed by atoms with Gasteiger partial charge in [0.1, 0.15) is 0 Å². The zero-order valence-electron chi connectivity index (χ0n) is 8.90. The maximum atomic E-state index is 11.2. The van der Waals surface area contributed by atoms with Crippen LogP contribution in [0, 0.1) is 0 Å². The lowest BCUT2D eigenvalue weighted by Gasteiger charge is -2.08. The highest BCUT2D eigenvalue weighted by molar-refractivity contribution is 5.89. The second-order valence-electron chi connectivity index (χ2n) is 3.80. The highest BCUT2D eigenvalue weighted by Crippen LogP contribution is 2.49. The molecule has 0 aliphatic heterocycles. The van der Waals surface area contributed by atoms with Gasteiger partial charge in [-0.15, -0.1) is 0 Å². The van der Waals surface area contributed by atoms with Crippen molar-refractivity contribution >= 4 is 12.0 Å². The minimum Gasteiger partial charge on any atom is -0.465 e. The average Bonchev–Trinajstić information content (AvgIpc) is 3.10. The summed E-state index contributed by atoms with van der Waals surface area (Å²) < 4.78 is 4.60. The molecule has 16 heavy (non-hydrogen) atoms. The van der Waals surface area contributed by atoms with Gasteiger partial charge in [-0.1, -0.05) is 12.1 Å². The number of hydrogen-bond acceptors (Lipinski definition) is 4. The molecule has 1 aromatic carbocycles. The number of carbonyl (C=O) groups is 1. The summed E-state index contributed by atoms with van der Waals surface area (Å²) >= 11 is 0. The maximum absolute atomic E-state index is 11.2. The van der Waals surface area contributed by atoms with Gasteiger partial charge < -0.3 is 4.74 Å². The molecule has 0 bridgehead atoms. The van der Waals surface area contributed by atoms with Gasteiger partial charge in [0, 0.05) is 0 Å². The molecule has 0 atom stereocenters. The van der Waals surface area contributed by atoms with Crippen LogP contribution < -0.4 is 0 Å². The van der Waals surface area contributed by atoms with E-state index < -0.39 is 0 Å². The summed E-state index contributed by atoms with van der Waals surface area (Å²) in [6.07, 6.45) is 3.32. The topological polar surface area (TPSA) is 55.7 Å². The first-order chi connectivity index (χ1) is 7.72. The van der Waals surface area contributed by atoms with Crippen LogP contribution in [0.1, 0.15) is 28.8 Å². The average molecular weight is 217 g/mol. The van der Waals surface area contributed by atoms with Crippen molar-refractivity contribution in [3.05, 3.63) is 35.4 Å². The molecule has 0 amide bonds. The molecule has 0 N–H and O–H groups in total. The van der Waals surface area contributed by atoms with Crippen LogP contribution in [0.25, 0.3) is 0 Å². The first-order valence-electron chi connectivity index (χ1n) is 5.00. The lowest BCUT2D eigenvalue weighted by atomic mass is 10.0. The Morgan fingerprint density at radius 1 is 1.38 bits per heavy atom. The molecule has 0 saturated heterocycles. The number of hydrogen-bond donors (Lipinski definition) is 0. The zero-order chi connectivity index (χ0) is 11.6. The molecule has 4 nitrogen and oxygen atoms in total. The standard InChI is InChI=1S/C12H11NO3/c1-16-11(15)9-2-4-10(5-3-9)12(6-7-12)13-8-14/h2-5H,6-7H2,1H3. The van der Waals surface area contributed by atoms with E-state index in [9.17, 15) is 9.59 Å². The van der Waals surface area contributed by atoms with Crippen molar-refractivity contribution in [1.82, 2.24) is 0 Å². The van der Waals surface area contributed by atoms with E-state index in [0.717, 1.165) is 18.4 Å². The normalized spacial score (nSPS) is 16.1. The SMILES string of the molecule is COC(=O)c1ccc(C2(N=C=O)CC2)cc1. The van der Waals surface area contributed by atoms with Crippen LogP contribution in [-0.2, 0) is 15.1 Å². The molecule has 0 aromatic heterocycles. The third kappa shape index (κ3) is 1.75. The second-order valence-corrected chi connectivity index (χ2v) is 3.80. The highest BCUT2D eigenvalue weighted by Gasteiger charge is 2.44. The van der Waals surface area contributed by atoms with Crippen molar-refractivity contribution in [2.75, 3.05) is 7.11 Å². The van der Waals surface area contributed by atoms with Crippen LogP contribution in [0.15, 0.2) is 29.3 Å². The van der Waals surface area contributed by atoms with Crippen molar-refractivity contribution in [2.24, 2.45) is 4.99 Å². The van der Waals surface area contributed by atoms with Gasteiger partial charge in [0.15, 0.2) is 0 Å². The Balaban J connectivity index is 2.26. The molecule has 2 rings (SSSR count). The van der Waals surface area contributed by atoms with Gasteiger partial charge in [0.2, 0.25) is 6.08 Å². The Morgan fingerprint density at radius 3 is 2.44 bits per heavy atom. The van der Waals surface area contributed by atoms with Crippen LogP contribution in [0.4, 0.5) is 0 Å². The molecule has 0 radical (unpaired) electrons. The van der Waals surface area contributed by atoms with E-state index in [1.807, 2.05) is 0 Å². The lowest BCUT2D eigenvalue weighted by molar-refractivity contribution is 0.0600. The first-order valence-corrected chi connectivity index (χ1v) is 5.00. The predicted molar refractivity (Wildman–Crippen MR) is 56.8 cm³/mol. The number of ether oxygens (including phenoxy) is 1. The van der Waals surface area contributed by atoms with Crippen LogP contribution in [-0.4, -0.2) is 19.2 Å². The zero-order valence-corrected chi connectivity index (χ0v) is 8.90. The third-order valence-electron chi connectivity index (χ3n) is 2.83. The highest BCUT2D eigenvalue weighted by atomic mass is 16.5. The van der Waals surface area contributed by atoms with Gasteiger partial charge in [-0.25, -0.2) is 9.59 Å². The second kappa shape index (κ2) is 3.91. The van der Waals surface area contributed by atoms with Gasteiger partial charge >= 0.3 is 5.97 Å². The minimum absolute atomic E-state index is 0.365. The van der Waals surface area contributed by atoms with E-state index in [1.54, 1.807) is 30.3 Å². The molecule has 1 fully saturated rings. The molecule has 1 aliphatic carbocycles. The smallest absolute Gasteiger partial charge is 0.337 e. The Labute approximate surface area is 92.9 Å². The van der Waals surface area contributed by atoms with Crippen molar-refractivity contribution in [3.63, 3.8) is 0 Å². The summed E-state index contributed by atoms with van der Waals surface area (Å²) in [5.74, 6) is -0.365. The Kier molecular flexibility index (Phi) is 2.59. The third-order valence-corrected chi connectivity index (χ3v) is 2.83. The predicted octanol–water partition coefficient (Wildman–Crippen LogP) is 1.80. The van der Waals surface area contributed by atoms with Gasteiger partial charge in [-0.05, 0) is 30.5 Å². The molecule has 0 spiro atoms. The van der Waals surface area contributed by atoms with Crippen LogP contribution in [0.5, 0.6) is 0 Å². The van der Waals surface area contributed by atoms with Crippen LogP contribution >= 0.6 is 0 Å². The number of carbonyl (C=O) groups excluding carboxylic acids is 2. The van der Waals surface area contributed by atoms with Crippen LogP contribution in [0.3, 0.4) is 0 Å². The Morgan fingerprint density at radius 2 is 2.00 bits per heavy atom. The van der Waals surface area contributed by atoms with Crippen LogP contribution in [0.2, 0.25) is 0 Å². The van der Waals surface area contributed by atoms with Crippen molar-refractivity contribution < 1.29 is 14.3 Å². The number of isocyanates is 1. The summed E-state index contributed by atoms with van der Waals surface area (Å²) in [5, 5.41) is 0. The van der Waals surface area contributed by atoms with Gasteiger partial charge in [-0.3, -0.25) is 0 Å². The van der Waals surface area contributed by atoms with E-state index in [1.165, 1.54) is 7.11 Å². The largest absolute Gasteiger partial charge is 0.465 e. The summed E-state index contributed by atoms with van der Waals surface area (Å²) in [6, 6.07) is 6.98. The molecule has 1 saturated carbocycles. The van der Waals surface area contributed by atoms with E-state index in [4.69, 9.17) is 0 Å². The Hall–Kier alpha value is -1.93. The number of methoxy groups -OCH3 is 1. The van der Waals surface area contributed by atoms with E-state index in [-0.39, 0.29) is 11.5 Å². The molecule has 0 heterocycles. The van der Waals surface area contributed by atoms with Crippen molar-refractivity contribution in [1.29, 1.82) is 0 Å². The van der Waals surface area contributed by atoms with Gasteiger partial charge in [-0.2, -0.15) is 4.99 Å². The van der Waals surface area contributed by atoms with Gasteiger partial charge in [0.25, 0.3) is 0 Å². The van der Waals surface area contributed by atoms with E-state index in [0.29, 0.717) is 5.56 Å². The van der Waals surface area contributed by atoms with Gasteiger partial charge in [0.05, 0.1) is 18.2 Å². The maximum Gasteiger partial charge on any atom is 0.337 e. The van der Waals surface area contributed by atoms with Crippen molar-refractivity contribution in [2.45, 2.75) is 18.4 Å². The molecule has 1 aliphatic rings. The number of benzene rings is 1. The number of esters is 1. The summed E-state index contributed by atoms with van der Waals surface area (Å²) in [7, 11) is 1.34. The Bertz CT molecular complexity index is 454. The fraction of sp³-hybridized carbons (Fsp3) is 0.333. The number of nitrogens with zero attached hydrogens (tertiary/aromatic N) is 1. The monoisotopic (exact) mass is 217 g/mol.